The minimum absolute atomic E-state index is 0.0965. The fourth-order valence-electron chi connectivity index (χ4n) is 3.29. The summed E-state index contributed by atoms with van der Waals surface area (Å²) < 4.78 is 32.4. The molecular weight excluding hydrogens is 366 g/mol. The van der Waals surface area contributed by atoms with Gasteiger partial charge in [-0.3, -0.25) is 4.79 Å². The number of rotatable bonds is 8. The second-order valence-electron chi connectivity index (χ2n) is 6.69. The fourth-order valence-corrected chi connectivity index (χ4v) is 4.80. The van der Waals surface area contributed by atoms with E-state index in [9.17, 15) is 13.2 Å². The predicted molar refractivity (Wildman–Crippen MR) is 105 cm³/mol. The Kier molecular flexibility index (Phi) is 7.64. The summed E-state index contributed by atoms with van der Waals surface area (Å²) in [5, 5.41) is 0. The van der Waals surface area contributed by atoms with E-state index in [-0.39, 0.29) is 10.8 Å². The molecule has 0 aromatic heterocycles. The van der Waals surface area contributed by atoms with Crippen LogP contribution < -0.4 is 4.74 Å². The number of methoxy groups -OCH3 is 1. The Hall–Kier alpha value is -1.64. The van der Waals surface area contributed by atoms with Gasteiger partial charge in [0.25, 0.3) is 0 Å². The lowest BCUT2D eigenvalue weighted by atomic mass is 10.2. The maximum Gasteiger partial charge on any atom is 0.243 e. The number of benzene rings is 1. The number of sulfonamides is 1. The molecule has 1 aromatic rings. The van der Waals surface area contributed by atoms with Gasteiger partial charge in [-0.25, -0.2) is 8.42 Å². The zero-order valence-electron chi connectivity index (χ0n) is 16.8. The van der Waals surface area contributed by atoms with Crippen LogP contribution in [-0.2, 0) is 14.8 Å². The van der Waals surface area contributed by atoms with Crippen molar-refractivity contribution in [1.82, 2.24) is 14.1 Å². The van der Waals surface area contributed by atoms with Gasteiger partial charge in [-0.2, -0.15) is 4.31 Å². The molecule has 0 saturated carbocycles. The first-order valence-electron chi connectivity index (χ1n) is 9.48. The predicted octanol–water partition coefficient (Wildman–Crippen LogP) is 1.57. The van der Waals surface area contributed by atoms with Crippen molar-refractivity contribution < 1.29 is 17.9 Å². The molecule has 1 fully saturated rings. The van der Waals surface area contributed by atoms with E-state index in [2.05, 4.69) is 18.7 Å². The molecule has 0 bridgehead atoms. The van der Waals surface area contributed by atoms with E-state index in [4.69, 9.17) is 4.74 Å². The number of aryl methyl sites for hydroxylation is 1. The van der Waals surface area contributed by atoms with Gasteiger partial charge in [-0.05, 0) is 43.8 Å². The number of hydrogen-bond donors (Lipinski definition) is 0. The van der Waals surface area contributed by atoms with Gasteiger partial charge >= 0.3 is 0 Å². The lowest BCUT2D eigenvalue weighted by Crippen LogP contribution is -2.50. The van der Waals surface area contributed by atoms with E-state index in [1.165, 1.54) is 4.31 Å². The van der Waals surface area contributed by atoms with E-state index < -0.39 is 10.0 Å². The van der Waals surface area contributed by atoms with Crippen LogP contribution in [0.25, 0.3) is 0 Å². The molecule has 0 atom stereocenters. The Morgan fingerprint density at radius 2 is 1.78 bits per heavy atom. The topological polar surface area (TPSA) is 70.2 Å². The van der Waals surface area contributed by atoms with Crippen molar-refractivity contribution >= 4 is 15.9 Å². The van der Waals surface area contributed by atoms with E-state index in [1.54, 1.807) is 30.2 Å². The van der Waals surface area contributed by atoms with Crippen molar-refractivity contribution in [2.24, 2.45) is 0 Å². The highest BCUT2D eigenvalue weighted by Gasteiger charge is 2.30. The lowest BCUT2D eigenvalue weighted by molar-refractivity contribution is -0.132. The molecule has 1 aliphatic rings. The summed E-state index contributed by atoms with van der Waals surface area (Å²) in [6.07, 6.45) is 0.478. The summed E-state index contributed by atoms with van der Waals surface area (Å²) in [5.41, 5.74) is 0.781. The van der Waals surface area contributed by atoms with Crippen molar-refractivity contribution in [2.75, 3.05) is 52.9 Å². The monoisotopic (exact) mass is 397 g/mol. The Morgan fingerprint density at radius 3 is 2.30 bits per heavy atom. The Labute approximate surface area is 162 Å². The normalized spacial score (nSPS) is 16.0. The quantitative estimate of drug-likeness (QED) is 0.666. The molecule has 152 valence electrons. The van der Waals surface area contributed by atoms with E-state index in [1.807, 2.05) is 6.92 Å². The molecular formula is C19H31N3O4S. The fraction of sp³-hybridized carbons (Fsp3) is 0.632. The lowest BCUT2D eigenvalue weighted by Gasteiger charge is -2.34. The first-order valence-corrected chi connectivity index (χ1v) is 10.9. The van der Waals surface area contributed by atoms with E-state index in [0.29, 0.717) is 38.3 Å². The Bertz CT molecular complexity index is 739. The molecule has 0 spiro atoms. The van der Waals surface area contributed by atoms with Crippen molar-refractivity contribution in [3.63, 3.8) is 0 Å². The number of carbonyl (C=O) groups is 1. The molecule has 1 saturated heterocycles. The second-order valence-corrected chi connectivity index (χ2v) is 8.63. The van der Waals surface area contributed by atoms with Crippen LogP contribution in [0.4, 0.5) is 0 Å². The van der Waals surface area contributed by atoms with Crippen LogP contribution >= 0.6 is 0 Å². The van der Waals surface area contributed by atoms with E-state index in [0.717, 1.165) is 25.2 Å². The highest BCUT2D eigenvalue weighted by atomic mass is 32.2. The smallest absolute Gasteiger partial charge is 0.243 e. The maximum absolute atomic E-state index is 12.9. The molecule has 1 amide bonds. The first kappa shape index (κ1) is 21.7. The molecule has 27 heavy (non-hydrogen) atoms. The van der Waals surface area contributed by atoms with Crippen molar-refractivity contribution in [3.05, 3.63) is 23.8 Å². The summed E-state index contributed by atoms with van der Waals surface area (Å²) in [6.45, 7) is 10.1. The molecule has 1 aliphatic heterocycles. The molecule has 7 nitrogen and oxygen atoms in total. The standard InChI is InChI=1S/C19H31N3O4S/c1-5-20(6-2)10-9-19(23)21-11-13-22(14-12-21)27(24,25)17-7-8-18(26-4)16(3)15-17/h7-8,15H,5-6,9-14H2,1-4H3. The third-order valence-corrected chi connectivity index (χ3v) is 7.03. The first-order chi connectivity index (χ1) is 12.8. The molecule has 2 rings (SSSR count). The largest absolute Gasteiger partial charge is 0.496 e. The number of amides is 1. The van der Waals surface area contributed by atoms with Crippen LogP contribution in [0.3, 0.4) is 0 Å². The second kappa shape index (κ2) is 9.52. The van der Waals surface area contributed by atoms with Gasteiger partial charge in [-0.1, -0.05) is 13.8 Å². The van der Waals surface area contributed by atoms with Gasteiger partial charge in [0.05, 0.1) is 12.0 Å². The molecule has 0 radical (unpaired) electrons. The van der Waals surface area contributed by atoms with E-state index >= 15 is 0 Å². The number of ether oxygens (including phenoxy) is 1. The van der Waals surface area contributed by atoms with Crippen molar-refractivity contribution in [2.45, 2.75) is 32.1 Å². The highest BCUT2D eigenvalue weighted by Crippen LogP contribution is 2.24. The summed E-state index contributed by atoms with van der Waals surface area (Å²) in [7, 11) is -2.00. The minimum Gasteiger partial charge on any atom is -0.496 e. The molecule has 1 aromatic carbocycles. The summed E-state index contributed by atoms with van der Waals surface area (Å²) in [4.78, 5) is 16.6. The van der Waals surface area contributed by atoms with Gasteiger partial charge in [0.2, 0.25) is 15.9 Å². The highest BCUT2D eigenvalue weighted by molar-refractivity contribution is 7.89. The number of hydrogen-bond acceptors (Lipinski definition) is 5. The van der Waals surface area contributed by atoms with Crippen LogP contribution in [-0.4, -0.2) is 81.4 Å². The number of carbonyl (C=O) groups excluding carboxylic acids is 1. The number of piperazine rings is 1. The van der Waals surface area contributed by atoms with Crippen LogP contribution in [0.15, 0.2) is 23.1 Å². The molecule has 0 N–H and O–H groups in total. The van der Waals surface area contributed by atoms with Gasteiger partial charge in [0.15, 0.2) is 0 Å². The van der Waals surface area contributed by atoms with Gasteiger partial charge in [0, 0.05) is 39.1 Å². The SMILES string of the molecule is CCN(CC)CCC(=O)N1CCN(S(=O)(=O)c2ccc(OC)c(C)c2)CC1. The third-order valence-electron chi connectivity index (χ3n) is 5.13. The van der Waals surface area contributed by atoms with Crippen LogP contribution in [0.2, 0.25) is 0 Å². The minimum atomic E-state index is -3.56. The summed E-state index contributed by atoms with van der Waals surface area (Å²) >= 11 is 0. The molecule has 0 aliphatic carbocycles. The van der Waals surface area contributed by atoms with Gasteiger partial charge in [0.1, 0.15) is 5.75 Å². The Morgan fingerprint density at radius 1 is 1.15 bits per heavy atom. The van der Waals surface area contributed by atoms with Crippen LogP contribution in [0.5, 0.6) is 5.75 Å². The molecule has 8 heteroatoms. The zero-order chi connectivity index (χ0) is 20.0. The van der Waals surface area contributed by atoms with Crippen molar-refractivity contribution in [1.29, 1.82) is 0 Å². The van der Waals surface area contributed by atoms with Crippen LogP contribution in [0.1, 0.15) is 25.8 Å². The van der Waals surface area contributed by atoms with Gasteiger partial charge in [-0.15, -0.1) is 0 Å². The van der Waals surface area contributed by atoms with Gasteiger partial charge < -0.3 is 14.5 Å². The number of nitrogens with zero attached hydrogens (tertiary/aromatic N) is 3. The zero-order valence-corrected chi connectivity index (χ0v) is 17.6. The summed E-state index contributed by atoms with van der Waals surface area (Å²) in [5.74, 6) is 0.761. The average molecular weight is 398 g/mol. The van der Waals surface area contributed by atoms with Crippen molar-refractivity contribution in [3.8, 4) is 5.75 Å². The molecule has 0 unspecified atom stereocenters. The summed E-state index contributed by atoms with van der Waals surface area (Å²) in [6, 6.07) is 4.88. The average Bonchev–Trinajstić information content (AvgIpc) is 2.68. The Balaban J connectivity index is 1.96. The maximum atomic E-state index is 12.9. The third kappa shape index (κ3) is 5.21. The molecule has 1 heterocycles. The van der Waals surface area contributed by atoms with Crippen LogP contribution in [0, 0.1) is 6.92 Å².